The Morgan fingerprint density at radius 1 is 1.19 bits per heavy atom. The lowest BCUT2D eigenvalue weighted by Gasteiger charge is -2.13. The summed E-state index contributed by atoms with van der Waals surface area (Å²) in [6.07, 6.45) is 8.67. The maximum Gasteiger partial charge on any atom is 0.294 e. The molecule has 0 spiro atoms. The Balaban J connectivity index is 2.06. The summed E-state index contributed by atoms with van der Waals surface area (Å²) in [6.45, 7) is 4.29. The second kappa shape index (κ2) is 5.05. The first-order chi connectivity index (χ1) is 10.1. The Kier molecular flexibility index (Phi) is 3.21. The zero-order valence-corrected chi connectivity index (χ0v) is 12.2. The predicted octanol–water partition coefficient (Wildman–Crippen LogP) is 1.56. The summed E-state index contributed by atoms with van der Waals surface area (Å²) >= 11 is 0. The summed E-state index contributed by atoms with van der Waals surface area (Å²) in [4.78, 5) is 20.8. The van der Waals surface area contributed by atoms with Crippen LogP contribution in [-0.2, 0) is 6.54 Å². The third-order valence-corrected chi connectivity index (χ3v) is 3.60. The number of imidazole rings is 1. The van der Waals surface area contributed by atoms with Crippen molar-refractivity contribution in [3.05, 3.63) is 58.2 Å². The largest absolute Gasteiger partial charge is 0.496 e. The van der Waals surface area contributed by atoms with Crippen LogP contribution in [-0.4, -0.2) is 26.0 Å². The summed E-state index contributed by atoms with van der Waals surface area (Å²) in [6, 6.07) is 0. The second-order valence-electron chi connectivity index (χ2n) is 4.94. The van der Waals surface area contributed by atoms with Crippen LogP contribution in [0.15, 0.2) is 35.8 Å². The molecule has 3 heterocycles. The Morgan fingerprint density at radius 2 is 2.00 bits per heavy atom. The van der Waals surface area contributed by atoms with Gasteiger partial charge in [0.1, 0.15) is 5.75 Å². The van der Waals surface area contributed by atoms with E-state index in [-0.39, 0.29) is 5.56 Å². The van der Waals surface area contributed by atoms with Crippen LogP contribution < -0.4 is 10.3 Å². The van der Waals surface area contributed by atoms with Crippen molar-refractivity contribution < 1.29 is 4.74 Å². The average Bonchev–Trinajstić information content (AvgIpc) is 2.94. The van der Waals surface area contributed by atoms with Gasteiger partial charge in [-0.1, -0.05) is 0 Å². The first-order valence-electron chi connectivity index (χ1n) is 6.63. The standard InChI is InChI=1S/C15H16N4O2/c1-10-8-17-12(11(2)13(10)21-3)9-19-7-6-18-5-4-16-14(18)15(19)20/h4-8H,9H2,1-3H3. The Bertz CT molecular complexity index is 864. The molecular weight excluding hydrogens is 268 g/mol. The molecule has 0 aliphatic carbocycles. The maximum absolute atomic E-state index is 12.3. The summed E-state index contributed by atoms with van der Waals surface area (Å²) in [7, 11) is 1.64. The molecule has 0 aromatic carbocycles. The molecule has 0 saturated heterocycles. The summed E-state index contributed by atoms with van der Waals surface area (Å²) < 4.78 is 8.71. The number of ether oxygens (including phenoxy) is 1. The summed E-state index contributed by atoms with van der Waals surface area (Å²) in [5.41, 5.74) is 3.02. The molecule has 0 fully saturated rings. The van der Waals surface area contributed by atoms with E-state index in [4.69, 9.17) is 4.74 Å². The van der Waals surface area contributed by atoms with Gasteiger partial charge in [0.15, 0.2) is 0 Å². The van der Waals surface area contributed by atoms with E-state index in [1.807, 2.05) is 20.0 Å². The molecule has 21 heavy (non-hydrogen) atoms. The van der Waals surface area contributed by atoms with E-state index in [2.05, 4.69) is 9.97 Å². The average molecular weight is 284 g/mol. The quantitative estimate of drug-likeness (QED) is 0.732. The lowest BCUT2D eigenvalue weighted by molar-refractivity contribution is 0.406. The van der Waals surface area contributed by atoms with Gasteiger partial charge in [-0.05, 0) is 13.8 Å². The molecule has 0 amide bonds. The monoisotopic (exact) mass is 284 g/mol. The molecule has 0 aliphatic heterocycles. The molecule has 3 rings (SSSR count). The highest BCUT2D eigenvalue weighted by molar-refractivity contribution is 5.41. The van der Waals surface area contributed by atoms with Crippen LogP contribution in [0.1, 0.15) is 16.8 Å². The fraction of sp³-hybridized carbons (Fsp3) is 0.267. The van der Waals surface area contributed by atoms with Gasteiger partial charge < -0.3 is 13.7 Å². The van der Waals surface area contributed by atoms with Crippen LogP contribution in [0.4, 0.5) is 0 Å². The van der Waals surface area contributed by atoms with Gasteiger partial charge in [0, 0.05) is 42.1 Å². The number of nitrogens with zero attached hydrogens (tertiary/aromatic N) is 4. The number of rotatable bonds is 3. The van der Waals surface area contributed by atoms with Gasteiger partial charge in [-0.15, -0.1) is 0 Å². The van der Waals surface area contributed by atoms with E-state index in [1.54, 1.807) is 40.9 Å². The number of methoxy groups -OCH3 is 1. The van der Waals surface area contributed by atoms with Gasteiger partial charge in [0.2, 0.25) is 5.65 Å². The fourth-order valence-electron chi connectivity index (χ4n) is 2.46. The number of aryl methyl sites for hydroxylation is 1. The Morgan fingerprint density at radius 3 is 2.76 bits per heavy atom. The van der Waals surface area contributed by atoms with Gasteiger partial charge in [0.25, 0.3) is 5.56 Å². The highest BCUT2D eigenvalue weighted by Gasteiger charge is 2.11. The van der Waals surface area contributed by atoms with Crippen LogP contribution in [0.5, 0.6) is 5.75 Å². The van der Waals surface area contributed by atoms with Crippen LogP contribution in [0.25, 0.3) is 5.65 Å². The minimum atomic E-state index is -0.136. The molecule has 0 atom stereocenters. The molecular formula is C15H16N4O2. The number of aromatic nitrogens is 4. The first kappa shape index (κ1) is 13.4. The van der Waals surface area contributed by atoms with Gasteiger partial charge in [-0.2, -0.15) is 0 Å². The predicted molar refractivity (Wildman–Crippen MR) is 78.8 cm³/mol. The Hall–Kier alpha value is -2.63. The zero-order chi connectivity index (χ0) is 15.0. The molecule has 0 bridgehead atoms. The molecule has 6 nitrogen and oxygen atoms in total. The lowest BCUT2D eigenvalue weighted by Crippen LogP contribution is -2.23. The fourth-order valence-corrected chi connectivity index (χ4v) is 2.46. The minimum Gasteiger partial charge on any atom is -0.496 e. The molecule has 6 heteroatoms. The van der Waals surface area contributed by atoms with E-state index in [0.717, 1.165) is 22.6 Å². The molecule has 0 aliphatic rings. The van der Waals surface area contributed by atoms with E-state index in [1.165, 1.54) is 0 Å². The van der Waals surface area contributed by atoms with Crippen molar-refractivity contribution in [2.24, 2.45) is 0 Å². The third kappa shape index (κ3) is 2.18. The molecule has 108 valence electrons. The second-order valence-corrected chi connectivity index (χ2v) is 4.94. The molecule has 0 N–H and O–H groups in total. The summed E-state index contributed by atoms with van der Waals surface area (Å²) in [5, 5.41) is 0. The normalized spacial score (nSPS) is 11.0. The molecule has 3 aromatic rings. The maximum atomic E-state index is 12.3. The zero-order valence-electron chi connectivity index (χ0n) is 12.2. The van der Waals surface area contributed by atoms with E-state index < -0.39 is 0 Å². The number of pyridine rings is 1. The van der Waals surface area contributed by atoms with Gasteiger partial charge in [-0.3, -0.25) is 9.78 Å². The highest BCUT2D eigenvalue weighted by Crippen LogP contribution is 2.24. The van der Waals surface area contributed by atoms with Crippen molar-refractivity contribution in [3.8, 4) is 5.75 Å². The lowest BCUT2D eigenvalue weighted by atomic mass is 10.1. The topological polar surface area (TPSA) is 61.4 Å². The van der Waals surface area contributed by atoms with Gasteiger partial charge >= 0.3 is 0 Å². The van der Waals surface area contributed by atoms with Crippen LogP contribution in [0.2, 0.25) is 0 Å². The summed E-state index contributed by atoms with van der Waals surface area (Å²) in [5.74, 6) is 0.815. The van der Waals surface area contributed by atoms with Crippen molar-refractivity contribution in [1.29, 1.82) is 0 Å². The van der Waals surface area contributed by atoms with Gasteiger partial charge in [-0.25, -0.2) is 4.98 Å². The van der Waals surface area contributed by atoms with Crippen molar-refractivity contribution in [1.82, 2.24) is 18.9 Å². The Labute approximate surface area is 121 Å². The van der Waals surface area contributed by atoms with E-state index in [0.29, 0.717) is 12.2 Å². The van der Waals surface area contributed by atoms with Crippen LogP contribution in [0.3, 0.4) is 0 Å². The molecule has 0 radical (unpaired) electrons. The number of fused-ring (bicyclic) bond motifs is 1. The van der Waals surface area contributed by atoms with Crippen LogP contribution in [0, 0.1) is 13.8 Å². The third-order valence-electron chi connectivity index (χ3n) is 3.60. The van der Waals surface area contributed by atoms with Crippen molar-refractivity contribution in [2.75, 3.05) is 7.11 Å². The SMILES string of the molecule is COc1c(C)cnc(Cn2ccn3ccnc3c2=O)c1C. The van der Waals surface area contributed by atoms with Crippen molar-refractivity contribution >= 4 is 5.65 Å². The van der Waals surface area contributed by atoms with Crippen molar-refractivity contribution in [3.63, 3.8) is 0 Å². The van der Waals surface area contributed by atoms with Crippen molar-refractivity contribution in [2.45, 2.75) is 20.4 Å². The first-order valence-corrected chi connectivity index (χ1v) is 6.63. The molecule has 0 saturated carbocycles. The highest BCUT2D eigenvalue weighted by atomic mass is 16.5. The van der Waals surface area contributed by atoms with E-state index in [9.17, 15) is 4.79 Å². The van der Waals surface area contributed by atoms with Crippen LogP contribution >= 0.6 is 0 Å². The molecule has 0 unspecified atom stereocenters. The number of hydrogen-bond acceptors (Lipinski definition) is 4. The number of hydrogen-bond donors (Lipinski definition) is 0. The van der Waals surface area contributed by atoms with E-state index >= 15 is 0 Å². The smallest absolute Gasteiger partial charge is 0.294 e. The molecule has 3 aromatic heterocycles. The van der Waals surface area contributed by atoms with Gasteiger partial charge in [0.05, 0.1) is 19.3 Å². The minimum absolute atomic E-state index is 0.136.